The lowest BCUT2D eigenvalue weighted by Crippen LogP contribution is -2.41. The molecular weight excluding hydrogens is 528 g/mol. The summed E-state index contributed by atoms with van der Waals surface area (Å²) in [5, 5.41) is 11.6. The monoisotopic (exact) mass is 560 g/mol. The molecule has 1 saturated carbocycles. The van der Waals surface area contributed by atoms with Crippen molar-refractivity contribution in [1.82, 2.24) is 30.0 Å². The molecule has 10 heteroatoms. The molecule has 0 spiro atoms. The summed E-state index contributed by atoms with van der Waals surface area (Å²) in [4.78, 5) is 38.6. The minimum Gasteiger partial charge on any atom is -0.368 e. The van der Waals surface area contributed by atoms with Gasteiger partial charge in [-0.2, -0.15) is 5.10 Å². The number of amides is 2. The summed E-state index contributed by atoms with van der Waals surface area (Å²) in [7, 11) is 0. The Hall–Kier alpha value is -5.12. The molecule has 4 N–H and O–H groups in total. The van der Waals surface area contributed by atoms with E-state index in [1.54, 1.807) is 49.8 Å². The second-order valence-corrected chi connectivity index (χ2v) is 10.6. The van der Waals surface area contributed by atoms with Gasteiger partial charge in [0.05, 0.1) is 11.2 Å². The molecule has 3 heterocycles. The summed E-state index contributed by atoms with van der Waals surface area (Å²) in [6.45, 7) is 1.66. The van der Waals surface area contributed by atoms with Crippen molar-refractivity contribution in [3.8, 4) is 16.9 Å². The molecule has 2 amide bonds. The van der Waals surface area contributed by atoms with Crippen LogP contribution >= 0.6 is 0 Å². The van der Waals surface area contributed by atoms with Gasteiger partial charge in [0.15, 0.2) is 5.82 Å². The largest absolute Gasteiger partial charge is 0.368 e. The van der Waals surface area contributed by atoms with Gasteiger partial charge in [-0.05, 0) is 61.7 Å². The van der Waals surface area contributed by atoms with E-state index in [0.29, 0.717) is 17.2 Å². The predicted molar refractivity (Wildman–Crippen MR) is 162 cm³/mol. The van der Waals surface area contributed by atoms with Gasteiger partial charge >= 0.3 is 0 Å². The second kappa shape index (κ2) is 11.8. The molecule has 212 valence electrons. The third-order valence-electron chi connectivity index (χ3n) is 7.73. The summed E-state index contributed by atoms with van der Waals surface area (Å²) in [5.74, 6) is 0.697. The first-order valence-corrected chi connectivity index (χ1v) is 14.2. The standard InChI is InChI=1S/C32H32N8O2/c1-20(30(41)38-25-13-10-21(11-14-25)24-18-35-32(33)36-19-24)37-31(42)23-12-15-26-27(17-23)39-40(28-9-5-6-16-34-28)29(26)22-7-3-2-4-8-22/h5-6,9-20,22H,2-4,7-8H2,1H3,(H,37,42)(H,38,41)(H2,33,35,36)/t20-/m0/s1. The summed E-state index contributed by atoms with van der Waals surface area (Å²) in [6.07, 6.45) is 10.9. The van der Waals surface area contributed by atoms with Crippen LogP contribution in [-0.4, -0.2) is 42.6 Å². The number of nitrogen functional groups attached to an aromatic ring is 1. The number of nitrogens with two attached hydrogens (primary N) is 1. The Labute approximate surface area is 243 Å². The fourth-order valence-electron chi connectivity index (χ4n) is 5.50. The van der Waals surface area contributed by atoms with Crippen molar-refractivity contribution in [2.75, 3.05) is 11.1 Å². The Morgan fingerprint density at radius 3 is 2.40 bits per heavy atom. The Morgan fingerprint density at radius 1 is 0.929 bits per heavy atom. The van der Waals surface area contributed by atoms with Crippen LogP contribution in [0.25, 0.3) is 27.8 Å². The van der Waals surface area contributed by atoms with Crippen LogP contribution in [0.4, 0.5) is 11.6 Å². The topological polar surface area (TPSA) is 141 Å². The van der Waals surface area contributed by atoms with Gasteiger partial charge < -0.3 is 16.4 Å². The van der Waals surface area contributed by atoms with Crippen LogP contribution in [0.1, 0.15) is 61.0 Å². The van der Waals surface area contributed by atoms with E-state index in [2.05, 4.69) is 25.6 Å². The van der Waals surface area contributed by atoms with Gasteiger partial charge in [-0.3, -0.25) is 9.59 Å². The zero-order valence-electron chi connectivity index (χ0n) is 23.3. The highest BCUT2D eigenvalue weighted by molar-refractivity contribution is 6.02. The number of carbonyl (C=O) groups is 2. The first-order valence-electron chi connectivity index (χ1n) is 14.2. The Morgan fingerprint density at radius 2 is 1.69 bits per heavy atom. The smallest absolute Gasteiger partial charge is 0.251 e. The first kappa shape index (κ1) is 27.1. The highest BCUT2D eigenvalue weighted by Crippen LogP contribution is 2.37. The highest BCUT2D eigenvalue weighted by Gasteiger charge is 2.25. The number of fused-ring (bicyclic) bond motifs is 1. The maximum Gasteiger partial charge on any atom is 0.251 e. The molecular formula is C32H32N8O2. The van der Waals surface area contributed by atoms with Crippen molar-refractivity contribution < 1.29 is 9.59 Å². The quantitative estimate of drug-likeness (QED) is 0.246. The maximum atomic E-state index is 13.2. The van der Waals surface area contributed by atoms with Gasteiger partial charge in [-0.15, -0.1) is 0 Å². The SMILES string of the molecule is C[C@H](NC(=O)c1ccc2c(C3CCCCC3)n(-c3ccccn3)nc2c1)C(=O)Nc1ccc(-c2cnc(N)nc2)cc1. The Balaban J connectivity index is 1.16. The van der Waals surface area contributed by atoms with E-state index in [-0.39, 0.29) is 17.8 Å². The van der Waals surface area contributed by atoms with Gasteiger partial charge in [-0.25, -0.2) is 19.6 Å². The average Bonchev–Trinajstić information content (AvgIpc) is 3.41. The van der Waals surface area contributed by atoms with Crippen LogP contribution in [-0.2, 0) is 4.79 Å². The molecule has 0 bridgehead atoms. The fraction of sp³-hybridized carbons (Fsp3) is 0.250. The highest BCUT2D eigenvalue weighted by atomic mass is 16.2. The van der Waals surface area contributed by atoms with E-state index in [9.17, 15) is 9.59 Å². The molecule has 0 aliphatic heterocycles. The van der Waals surface area contributed by atoms with Crippen LogP contribution in [0.15, 0.2) is 79.3 Å². The second-order valence-electron chi connectivity index (χ2n) is 10.6. The van der Waals surface area contributed by atoms with Crippen molar-refractivity contribution in [3.05, 3.63) is 90.5 Å². The predicted octanol–water partition coefficient (Wildman–Crippen LogP) is 5.26. The molecule has 10 nitrogen and oxygen atoms in total. The van der Waals surface area contributed by atoms with Crippen molar-refractivity contribution in [3.63, 3.8) is 0 Å². The van der Waals surface area contributed by atoms with Gasteiger partial charge in [0, 0.05) is 46.7 Å². The number of hydrogen-bond acceptors (Lipinski definition) is 7. The Kier molecular flexibility index (Phi) is 7.59. The van der Waals surface area contributed by atoms with E-state index in [4.69, 9.17) is 10.8 Å². The summed E-state index contributed by atoms with van der Waals surface area (Å²) in [5.41, 5.74) is 10.2. The first-order chi connectivity index (χ1) is 20.5. The van der Waals surface area contributed by atoms with Crippen LogP contribution in [0, 0.1) is 0 Å². The van der Waals surface area contributed by atoms with Gasteiger partial charge in [0.25, 0.3) is 5.91 Å². The molecule has 5 aromatic rings. The number of pyridine rings is 1. The molecule has 0 unspecified atom stereocenters. The van der Waals surface area contributed by atoms with Crippen molar-refractivity contribution in [2.45, 2.75) is 51.0 Å². The zero-order chi connectivity index (χ0) is 29.1. The summed E-state index contributed by atoms with van der Waals surface area (Å²) >= 11 is 0. The number of carbonyl (C=O) groups excluding carboxylic acids is 2. The molecule has 6 rings (SSSR count). The van der Waals surface area contributed by atoms with Crippen molar-refractivity contribution in [1.29, 1.82) is 0 Å². The van der Waals surface area contributed by atoms with Crippen molar-refractivity contribution >= 4 is 34.4 Å². The number of benzene rings is 2. The molecule has 0 saturated heterocycles. The molecule has 0 radical (unpaired) electrons. The number of aromatic nitrogens is 5. The number of hydrogen-bond donors (Lipinski definition) is 3. The average molecular weight is 561 g/mol. The molecule has 1 atom stereocenters. The van der Waals surface area contributed by atoms with Gasteiger partial charge in [0.2, 0.25) is 11.9 Å². The lowest BCUT2D eigenvalue weighted by Gasteiger charge is -2.22. The van der Waals surface area contributed by atoms with Gasteiger partial charge in [0.1, 0.15) is 6.04 Å². The van der Waals surface area contributed by atoms with E-state index < -0.39 is 6.04 Å². The zero-order valence-corrected chi connectivity index (χ0v) is 23.3. The van der Waals surface area contributed by atoms with Gasteiger partial charge in [-0.1, -0.05) is 43.5 Å². The third kappa shape index (κ3) is 5.69. The summed E-state index contributed by atoms with van der Waals surface area (Å²) in [6, 6.07) is 17.9. The minimum atomic E-state index is -0.762. The summed E-state index contributed by atoms with van der Waals surface area (Å²) < 4.78 is 1.93. The van der Waals surface area contributed by atoms with Crippen LogP contribution in [0.2, 0.25) is 0 Å². The molecule has 42 heavy (non-hydrogen) atoms. The molecule has 1 aliphatic carbocycles. The molecule has 2 aromatic carbocycles. The molecule has 1 fully saturated rings. The van der Waals surface area contributed by atoms with E-state index in [1.165, 1.54) is 19.3 Å². The Bertz CT molecular complexity index is 1710. The molecule has 1 aliphatic rings. The number of rotatable bonds is 7. The maximum absolute atomic E-state index is 13.2. The number of nitrogens with zero attached hydrogens (tertiary/aromatic N) is 5. The van der Waals surface area contributed by atoms with E-state index in [0.717, 1.165) is 46.4 Å². The molecule has 3 aromatic heterocycles. The number of anilines is 2. The van der Waals surface area contributed by atoms with E-state index >= 15 is 0 Å². The lowest BCUT2D eigenvalue weighted by atomic mass is 9.85. The van der Waals surface area contributed by atoms with Crippen LogP contribution in [0.3, 0.4) is 0 Å². The van der Waals surface area contributed by atoms with Crippen molar-refractivity contribution in [2.24, 2.45) is 0 Å². The normalized spacial score (nSPS) is 14.4. The van der Waals surface area contributed by atoms with Crippen LogP contribution in [0.5, 0.6) is 0 Å². The van der Waals surface area contributed by atoms with Crippen LogP contribution < -0.4 is 16.4 Å². The van der Waals surface area contributed by atoms with E-state index in [1.807, 2.05) is 41.1 Å². The minimum absolute atomic E-state index is 0.210. The fourth-order valence-corrected chi connectivity index (χ4v) is 5.50. The third-order valence-corrected chi connectivity index (χ3v) is 7.73. The number of nitrogens with one attached hydrogen (secondary N) is 2. The lowest BCUT2D eigenvalue weighted by molar-refractivity contribution is -0.117.